The maximum atomic E-state index is 13.1. The van der Waals surface area contributed by atoms with Gasteiger partial charge < -0.3 is 14.8 Å². The third kappa shape index (κ3) is 6.89. The average Bonchev–Trinajstić information content (AvgIpc) is 2.56. The Bertz CT molecular complexity index is 697. The molecule has 25 heavy (non-hydrogen) atoms. The summed E-state index contributed by atoms with van der Waals surface area (Å²) in [5.74, 6) is -0.157. The highest BCUT2D eigenvalue weighted by atomic mass is 19.1. The molecule has 0 aliphatic rings. The summed E-state index contributed by atoms with van der Waals surface area (Å²) in [6.07, 6.45) is 1.45. The molecule has 0 unspecified atom stereocenters. The van der Waals surface area contributed by atoms with E-state index in [4.69, 9.17) is 9.47 Å². The second kappa shape index (κ2) is 8.58. The van der Waals surface area contributed by atoms with Crippen LogP contribution in [0.4, 0.5) is 4.39 Å². The summed E-state index contributed by atoms with van der Waals surface area (Å²) in [7, 11) is 0. The molecule has 0 atom stereocenters. The topological polar surface area (TPSA) is 60.5 Å². The average molecular weight is 346 g/mol. The van der Waals surface area contributed by atoms with Gasteiger partial charge in [-0.05, 0) is 44.5 Å². The third-order valence-electron chi connectivity index (χ3n) is 3.20. The van der Waals surface area contributed by atoms with Gasteiger partial charge in [0, 0.05) is 18.8 Å². The molecule has 0 spiro atoms. The van der Waals surface area contributed by atoms with Crippen LogP contribution in [0.25, 0.3) is 0 Å². The number of nitrogens with zero attached hydrogens (tertiary/aromatic N) is 1. The largest absolute Gasteiger partial charge is 0.473 e. The first kappa shape index (κ1) is 18.9. The molecule has 0 radical (unpaired) electrons. The Morgan fingerprint density at radius 2 is 2.04 bits per heavy atom. The second-order valence-corrected chi connectivity index (χ2v) is 6.52. The molecule has 6 heteroatoms. The zero-order valence-electron chi connectivity index (χ0n) is 14.7. The fourth-order valence-corrected chi connectivity index (χ4v) is 2.01. The van der Waals surface area contributed by atoms with Crippen LogP contribution >= 0.6 is 0 Å². The van der Waals surface area contributed by atoms with Gasteiger partial charge >= 0.3 is 0 Å². The third-order valence-corrected chi connectivity index (χ3v) is 3.20. The summed E-state index contributed by atoms with van der Waals surface area (Å²) in [5.41, 5.74) is 0.920. The number of pyridine rings is 1. The highest BCUT2D eigenvalue weighted by Gasteiger charge is 2.10. The van der Waals surface area contributed by atoms with E-state index in [2.05, 4.69) is 10.3 Å². The molecule has 2 aromatic rings. The fourth-order valence-electron chi connectivity index (χ4n) is 2.01. The van der Waals surface area contributed by atoms with E-state index < -0.39 is 0 Å². The Morgan fingerprint density at radius 3 is 2.68 bits per heavy atom. The molecular weight excluding hydrogens is 323 g/mol. The molecule has 1 aromatic heterocycles. The SMILES string of the molecule is CC(C)(C)OCCNC(=O)c1ccc(OCc2cccc(F)c2)nc1. The molecule has 0 aliphatic carbocycles. The Balaban J connectivity index is 1.79. The summed E-state index contributed by atoms with van der Waals surface area (Å²) in [4.78, 5) is 16.1. The number of carbonyl (C=O) groups excluding carboxylic acids is 1. The van der Waals surface area contributed by atoms with E-state index in [-0.39, 0.29) is 23.9 Å². The first-order valence-electron chi connectivity index (χ1n) is 8.09. The highest BCUT2D eigenvalue weighted by molar-refractivity contribution is 5.93. The monoisotopic (exact) mass is 346 g/mol. The van der Waals surface area contributed by atoms with E-state index in [0.29, 0.717) is 30.2 Å². The maximum Gasteiger partial charge on any atom is 0.252 e. The number of hydrogen-bond acceptors (Lipinski definition) is 4. The summed E-state index contributed by atoms with van der Waals surface area (Å²) >= 11 is 0. The van der Waals surface area contributed by atoms with Crippen molar-refractivity contribution in [2.24, 2.45) is 0 Å². The number of rotatable bonds is 7. The fraction of sp³-hybridized carbons (Fsp3) is 0.368. The Labute approximate surface area is 147 Å². The zero-order chi connectivity index (χ0) is 18.3. The number of aromatic nitrogens is 1. The number of nitrogens with one attached hydrogen (secondary N) is 1. The number of benzene rings is 1. The van der Waals surface area contributed by atoms with Gasteiger partial charge in [-0.2, -0.15) is 0 Å². The van der Waals surface area contributed by atoms with Crippen LogP contribution < -0.4 is 10.1 Å². The first-order valence-corrected chi connectivity index (χ1v) is 8.09. The first-order chi connectivity index (χ1) is 11.8. The van der Waals surface area contributed by atoms with Crippen LogP contribution in [-0.4, -0.2) is 29.6 Å². The lowest BCUT2D eigenvalue weighted by atomic mass is 10.2. The maximum absolute atomic E-state index is 13.1. The van der Waals surface area contributed by atoms with Crippen LogP contribution in [0.1, 0.15) is 36.7 Å². The van der Waals surface area contributed by atoms with Crippen LogP contribution in [0.15, 0.2) is 42.6 Å². The van der Waals surface area contributed by atoms with Gasteiger partial charge in [-0.3, -0.25) is 4.79 Å². The highest BCUT2D eigenvalue weighted by Crippen LogP contribution is 2.11. The standard InChI is InChI=1S/C19H23FN2O3/c1-19(2,3)25-10-9-21-18(23)15-7-8-17(22-12-15)24-13-14-5-4-6-16(20)11-14/h4-8,11-12H,9-10,13H2,1-3H3,(H,21,23). The van der Waals surface area contributed by atoms with E-state index in [0.717, 1.165) is 0 Å². The summed E-state index contributed by atoms with van der Waals surface area (Å²) in [6.45, 7) is 6.95. The summed E-state index contributed by atoms with van der Waals surface area (Å²) < 4.78 is 24.1. The molecule has 0 fully saturated rings. The minimum atomic E-state index is -0.309. The van der Waals surface area contributed by atoms with E-state index in [1.54, 1.807) is 24.3 Å². The lowest BCUT2D eigenvalue weighted by Crippen LogP contribution is -2.30. The second-order valence-electron chi connectivity index (χ2n) is 6.52. The van der Waals surface area contributed by atoms with Gasteiger partial charge in [0.1, 0.15) is 12.4 Å². The molecule has 0 bridgehead atoms. The van der Waals surface area contributed by atoms with E-state index >= 15 is 0 Å². The van der Waals surface area contributed by atoms with Gasteiger partial charge in [0.05, 0.1) is 17.8 Å². The van der Waals surface area contributed by atoms with Gasteiger partial charge in [0.2, 0.25) is 5.88 Å². The van der Waals surface area contributed by atoms with E-state index in [1.165, 1.54) is 18.3 Å². The lowest BCUT2D eigenvalue weighted by molar-refractivity contribution is -0.000655. The number of ether oxygens (including phenoxy) is 2. The quantitative estimate of drug-likeness (QED) is 0.781. The summed E-state index contributed by atoms with van der Waals surface area (Å²) in [5, 5.41) is 2.77. The van der Waals surface area contributed by atoms with E-state index in [9.17, 15) is 9.18 Å². The lowest BCUT2D eigenvalue weighted by Gasteiger charge is -2.19. The predicted octanol–water partition coefficient (Wildman–Crippen LogP) is 3.34. The normalized spacial score (nSPS) is 11.2. The molecule has 0 aliphatic heterocycles. The van der Waals surface area contributed by atoms with Gasteiger partial charge in [-0.1, -0.05) is 12.1 Å². The van der Waals surface area contributed by atoms with Crippen LogP contribution in [-0.2, 0) is 11.3 Å². The Morgan fingerprint density at radius 1 is 1.24 bits per heavy atom. The molecule has 1 heterocycles. The summed E-state index contributed by atoms with van der Waals surface area (Å²) in [6, 6.07) is 9.42. The van der Waals surface area contributed by atoms with Gasteiger partial charge in [0.25, 0.3) is 5.91 Å². The van der Waals surface area contributed by atoms with Crippen molar-refractivity contribution in [1.29, 1.82) is 0 Å². The van der Waals surface area contributed by atoms with Crippen molar-refractivity contribution >= 4 is 5.91 Å². The van der Waals surface area contributed by atoms with Gasteiger partial charge in [0.15, 0.2) is 0 Å². The van der Waals surface area contributed by atoms with Crippen molar-refractivity contribution in [2.75, 3.05) is 13.2 Å². The Hall–Kier alpha value is -2.47. The molecule has 1 N–H and O–H groups in total. The smallest absolute Gasteiger partial charge is 0.252 e. The van der Waals surface area contributed by atoms with Crippen LogP contribution in [0.5, 0.6) is 5.88 Å². The predicted molar refractivity (Wildman–Crippen MR) is 93.0 cm³/mol. The van der Waals surface area contributed by atoms with Gasteiger partial charge in [-0.15, -0.1) is 0 Å². The molecule has 134 valence electrons. The van der Waals surface area contributed by atoms with Crippen molar-refractivity contribution in [3.8, 4) is 5.88 Å². The molecule has 1 aromatic carbocycles. The van der Waals surface area contributed by atoms with E-state index in [1.807, 2.05) is 20.8 Å². The number of amides is 1. The molecular formula is C19H23FN2O3. The van der Waals surface area contributed by atoms with Crippen molar-refractivity contribution in [2.45, 2.75) is 33.0 Å². The molecule has 0 saturated carbocycles. The van der Waals surface area contributed by atoms with Crippen molar-refractivity contribution < 1.29 is 18.7 Å². The molecule has 5 nitrogen and oxygen atoms in total. The Kier molecular flexibility index (Phi) is 6.47. The minimum Gasteiger partial charge on any atom is -0.473 e. The van der Waals surface area contributed by atoms with Crippen LogP contribution in [0.2, 0.25) is 0 Å². The van der Waals surface area contributed by atoms with Crippen LogP contribution in [0.3, 0.4) is 0 Å². The molecule has 2 rings (SSSR count). The zero-order valence-corrected chi connectivity index (χ0v) is 14.7. The number of hydrogen-bond donors (Lipinski definition) is 1. The molecule has 1 amide bonds. The molecule has 0 saturated heterocycles. The minimum absolute atomic E-state index is 0.209. The van der Waals surface area contributed by atoms with Crippen molar-refractivity contribution in [1.82, 2.24) is 10.3 Å². The van der Waals surface area contributed by atoms with Crippen LogP contribution in [0, 0.1) is 5.82 Å². The number of halogens is 1. The van der Waals surface area contributed by atoms with Gasteiger partial charge in [-0.25, -0.2) is 9.37 Å². The van der Waals surface area contributed by atoms with Crippen molar-refractivity contribution in [3.05, 3.63) is 59.5 Å². The van der Waals surface area contributed by atoms with Crippen molar-refractivity contribution in [3.63, 3.8) is 0 Å². The number of carbonyl (C=O) groups is 1.